The second-order valence-corrected chi connectivity index (χ2v) is 6.70. The van der Waals surface area contributed by atoms with Crippen molar-refractivity contribution in [1.29, 1.82) is 0 Å². The van der Waals surface area contributed by atoms with Crippen LogP contribution in [0.15, 0.2) is 41.6 Å². The minimum atomic E-state index is 0.00714. The molecule has 2 aliphatic rings. The van der Waals surface area contributed by atoms with E-state index in [1.165, 1.54) is 7.11 Å². The first-order chi connectivity index (χ1) is 12.2. The zero-order chi connectivity index (χ0) is 17.1. The number of hydrogen-bond donors (Lipinski definition) is 0. The van der Waals surface area contributed by atoms with Crippen LogP contribution in [-0.4, -0.2) is 28.2 Å². The molecule has 5 rings (SSSR count). The minimum Gasteiger partial charge on any atom is -0.399 e. The Morgan fingerprint density at radius 1 is 1.16 bits per heavy atom. The lowest BCUT2D eigenvalue weighted by Gasteiger charge is -2.18. The fraction of sp³-hybridized carbons (Fsp3) is 0.250. The van der Waals surface area contributed by atoms with Gasteiger partial charge in [-0.25, -0.2) is 4.98 Å². The molecule has 25 heavy (non-hydrogen) atoms. The summed E-state index contributed by atoms with van der Waals surface area (Å²) in [5.41, 5.74) is 3.34. The standard InChI is InChI=1S/C20H17N3O2/c1-23-18-17(21-20(23)11-7-8-11)16(22-25-2)14-9-12-5-3-4-6-13(12)10-15(14)19(18)24/h3-6,9-11H,7-8H2,1-2H3/b22-16+. The normalized spacial score (nSPS) is 17.7. The maximum atomic E-state index is 13.2. The lowest BCUT2D eigenvalue weighted by molar-refractivity contribution is 0.102. The van der Waals surface area contributed by atoms with Crippen molar-refractivity contribution >= 4 is 22.3 Å². The minimum absolute atomic E-state index is 0.00714. The summed E-state index contributed by atoms with van der Waals surface area (Å²) in [6.07, 6.45) is 2.26. The van der Waals surface area contributed by atoms with Gasteiger partial charge in [0.25, 0.3) is 0 Å². The number of hydrogen-bond acceptors (Lipinski definition) is 4. The van der Waals surface area contributed by atoms with Crippen LogP contribution in [0, 0.1) is 0 Å². The number of nitrogens with zero attached hydrogens (tertiary/aromatic N) is 3. The van der Waals surface area contributed by atoms with Gasteiger partial charge in [0.2, 0.25) is 5.78 Å². The smallest absolute Gasteiger partial charge is 0.212 e. The van der Waals surface area contributed by atoms with Crippen LogP contribution >= 0.6 is 0 Å². The molecule has 2 aliphatic carbocycles. The lowest BCUT2D eigenvalue weighted by Crippen LogP contribution is -2.23. The third-order valence-electron chi connectivity index (χ3n) is 5.08. The quantitative estimate of drug-likeness (QED) is 0.529. The molecule has 0 bridgehead atoms. The maximum absolute atomic E-state index is 13.2. The third kappa shape index (κ3) is 1.98. The number of oxime groups is 1. The molecule has 124 valence electrons. The first-order valence-corrected chi connectivity index (χ1v) is 8.45. The second kappa shape index (κ2) is 5.02. The molecule has 1 aromatic heterocycles. The maximum Gasteiger partial charge on any atom is 0.212 e. The average molecular weight is 331 g/mol. The highest BCUT2D eigenvalue weighted by molar-refractivity contribution is 6.30. The number of benzene rings is 2. The summed E-state index contributed by atoms with van der Waals surface area (Å²) in [5, 5.41) is 6.34. The van der Waals surface area contributed by atoms with Crippen LogP contribution < -0.4 is 0 Å². The number of aromatic nitrogens is 2. The summed E-state index contributed by atoms with van der Waals surface area (Å²) < 4.78 is 1.94. The van der Waals surface area contributed by atoms with Gasteiger partial charge in [-0.1, -0.05) is 29.4 Å². The zero-order valence-electron chi connectivity index (χ0n) is 14.1. The molecule has 0 amide bonds. The fourth-order valence-electron chi connectivity index (χ4n) is 3.71. The Morgan fingerprint density at radius 3 is 2.48 bits per heavy atom. The Balaban J connectivity index is 1.82. The number of carbonyl (C=O) groups is 1. The van der Waals surface area contributed by atoms with E-state index in [0.29, 0.717) is 28.6 Å². The van der Waals surface area contributed by atoms with Gasteiger partial charge in [-0.3, -0.25) is 4.79 Å². The molecule has 1 heterocycles. The van der Waals surface area contributed by atoms with Gasteiger partial charge < -0.3 is 9.40 Å². The average Bonchev–Trinajstić information content (AvgIpc) is 3.40. The Labute approximate surface area is 144 Å². The van der Waals surface area contributed by atoms with E-state index in [1.54, 1.807) is 0 Å². The van der Waals surface area contributed by atoms with Gasteiger partial charge >= 0.3 is 0 Å². The summed E-state index contributed by atoms with van der Waals surface area (Å²) in [5.74, 6) is 1.43. The molecule has 2 aromatic carbocycles. The molecule has 0 aliphatic heterocycles. The predicted molar refractivity (Wildman–Crippen MR) is 95.2 cm³/mol. The van der Waals surface area contributed by atoms with Crippen molar-refractivity contribution in [2.24, 2.45) is 12.2 Å². The van der Waals surface area contributed by atoms with Crippen LogP contribution in [0.5, 0.6) is 0 Å². The summed E-state index contributed by atoms with van der Waals surface area (Å²) in [4.78, 5) is 23.1. The summed E-state index contributed by atoms with van der Waals surface area (Å²) in [7, 11) is 3.45. The summed E-state index contributed by atoms with van der Waals surface area (Å²) >= 11 is 0. The van der Waals surface area contributed by atoms with E-state index in [9.17, 15) is 4.79 Å². The van der Waals surface area contributed by atoms with Gasteiger partial charge in [0.1, 0.15) is 30.0 Å². The highest BCUT2D eigenvalue weighted by Crippen LogP contribution is 2.41. The molecule has 1 saturated carbocycles. The van der Waals surface area contributed by atoms with Crippen molar-refractivity contribution in [3.8, 4) is 0 Å². The predicted octanol–water partition coefficient (Wildman–Crippen LogP) is 3.39. The van der Waals surface area contributed by atoms with E-state index in [-0.39, 0.29) is 5.78 Å². The van der Waals surface area contributed by atoms with E-state index in [4.69, 9.17) is 9.82 Å². The van der Waals surface area contributed by atoms with Crippen molar-refractivity contribution in [3.63, 3.8) is 0 Å². The molecule has 3 aromatic rings. The molecule has 0 saturated heterocycles. The van der Waals surface area contributed by atoms with Crippen molar-refractivity contribution < 1.29 is 9.63 Å². The van der Waals surface area contributed by atoms with E-state index in [2.05, 4.69) is 5.16 Å². The highest BCUT2D eigenvalue weighted by atomic mass is 16.6. The first kappa shape index (κ1) is 14.4. The molecule has 0 N–H and O–H groups in total. The van der Waals surface area contributed by atoms with Crippen LogP contribution in [0.2, 0.25) is 0 Å². The Morgan fingerprint density at radius 2 is 1.84 bits per heavy atom. The number of carbonyl (C=O) groups excluding carboxylic acids is 1. The van der Waals surface area contributed by atoms with Gasteiger partial charge in [-0.15, -0.1) is 0 Å². The van der Waals surface area contributed by atoms with Crippen LogP contribution in [-0.2, 0) is 11.9 Å². The molecule has 0 atom stereocenters. The summed E-state index contributed by atoms with van der Waals surface area (Å²) in [6.45, 7) is 0. The third-order valence-corrected chi connectivity index (χ3v) is 5.08. The molecular formula is C20H17N3O2. The lowest BCUT2D eigenvalue weighted by atomic mass is 9.87. The van der Waals surface area contributed by atoms with Crippen molar-refractivity contribution in [1.82, 2.24) is 9.55 Å². The summed E-state index contributed by atoms with van der Waals surface area (Å²) in [6, 6.07) is 12.0. The van der Waals surface area contributed by atoms with Crippen LogP contribution in [0.4, 0.5) is 0 Å². The number of ketones is 1. The SMILES string of the molecule is CO/N=C1\c2cc3ccccc3cc2C(=O)c2c1nc(C1CC1)n2C. The molecule has 1 fully saturated rings. The van der Waals surface area contributed by atoms with Crippen LogP contribution in [0.1, 0.15) is 51.9 Å². The molecule has 0 unspecified atom stereocenters. The van der Waals surface area contributed by atoms with Gasteiger partial charge in [-0.2, -0.15) is 0 Å². The van der Waals surface area contributed by atoms with Gasteiger partial charge in [0.05, 0.1) is 0 Å². The van der Waals surface area contributed by atoms with Crippen LogP contribution in [0.25, 0.3) is 10.8 Å². The van der Waals surface area contributed by atoms with Gasteiger partial charge in [0.15, 0.2) is 0 Å². The van der Waals surface area contributed by atoms with Crippen molar-refractivity contribution in [2.45, 2.75) is 18.8 Å². The zero-order valence-corrected chi connectivity index (χ0v) is 14.1. The monoisotopic (exact) mass is 331 g/mol. The van der Waals surface area contributed by atoms with Gasteiger partial charge in [0, 0.05) is 24.1 Å². The molecule has 5 heteroatoms. The molecule has 0 spiro atoms. The second-order valence-electron chi connectivity index (χ2n) is 6.70. The first-order valence-electron chi connectivity index (χ1n) is 8.45. The number of rotatable bonds is 2. The topological polar surface area (TPSA) is 56.5 Å². The Hall–Kier alpha value is -2.95. The number of imidazole rings is 1. The molecular weight excluding hydrogens is 314 g/mol. The van der Waals surface area contributed by atoms with Gasteiger partial charge in [-0.05, 0) is 35.7 Å². The largest absolute Gasteiger partial charge is 0.399 e. The Bertz CT molecular complexity index is 1070. The molecule has 5 nitrogen and oxygen atoms in total. The number of fused-ring (bicyclic) bond motifs is 3. The van der Waals surface area contributed by atoms with E-state index < -0.39 is 0 Å². The van der Waals surface area contributed by atoms with E-state index in [0.717, 1.165) is 35.0 Å². The fourth-order valence-corrected chi connectivity index (χ4v) is 3.71. The van der Waals surface area contributed by atoms with Crippen LogP contribution in [0.3, 0.4) is 0 Å². The van der Waals surface area contributed by atoms with Crippen molar-refractivity contribution in [2.75, 3.05) is 7.11 Å². The Kier molecular flexibility index (Phi) is 2.89. The van der Waals surface area contributed by atoms with E-state index in [1.807, 2.05) is 48.0 Å². The molecule has 0 radical (unpaired) electrons. The van der Waals surface area contributed by atoms with E-state index >= 15 is 0 Å². The highest BCUT2D eigenvalue weighted by Gasteiger charge is 2.38. The van der Waals surface area contributed by atoms with Crippen molar-refractivity contribution in [3.05, 3.63) is 64.7 Å².